The number of benzene rings is 1. The van der Waals surface area contributed by atoms with Gasteiger partial charge in [0.25, 0.3) is 5.92 Å². The molecule has 4 rings (SSSR count). The molecule has 0 N–H and O–H groups in total. The molecule has 1 unspecified atom stereocenters. The Morgan fingerprint density at radius 2 is 1.77 bits per heavy atom. The Balaban J connectivity index is 1.40. The van der Waals surface area contributed by atoms with Crippen LogP contribution in [0, 0.1) is 0 Å². The van der Waals surface area contributed by atoms with E-state index in [9.17, 15) is 8.78 Å². The largest absolute Gasteiger partial charge is 0.295 e. The highest BCUT2D eigenvalue weighted by atomic mass is 19.3. The van der Waals surface area contributed by atoms with E-state index in [0.717, 1.165) is 32.5 Å². The second kappa shape index (κ2) is 6.90. The molecule has 26 heavy (non-hydrogen) atoms. The summed E-state index contributed by atoms with van der Waals surface area (Å²) < 4.78 is 27.0. The zero-order valence-corrected chi connectivity index (χ0v) is 15.6. The van der Waals surface area contributed by atoms with E-state index in [-0.39, 0.29) is 18.4 Å². The fraction of sp³-hybridized carbons (Fsp3) is 0.545. The predicted molar refractivity (Wildman–Crippen MR) is 101 cm³/mol. The molecule has 1 fully saturated rings. The van der Waals surface area contributed by atoms with Crippen molar-refractivity contribution in [3.63, 3.8) is 0 Å². The third kappa shape index (κ3) is 3.77. The minimum Gasteiger partial charge on any atom is -0.295 e. The molecule has 2 heterocycles. The highest BCUT2D eigenvalue weighted by Crippen LogP contribution is 2.39. The first-order valence-electron chi connectivity index (χ1n) is 9.73. The summed E-state index contributed by atoms with van der Waals surface area (Å²) in [5.41, 5.74) is 4.22. The summed E-state index contributed by atoms with van der Waals surface area (Å²) in [6.45, 7) is 6.27. The number of piperidine rings is 1. The van der Waals surface area contributed by atoms with Gasteiger partial charge in [-0.05, 0) is 30.9 Å². The van der Waals surface area contributed by atoms with E-state index in [4.69, 9.17) is 0 Å². The van der Waals surface area contributed by atoms with Crippen LogP contribution in [0.15, 0.2) is 53.6 Å². The molecule has 1 aliphatic carbocycles. The van der Waals surface area contributed by atoms with Crippen LogP contribution >= 0.6 is 0 Å². The van der Waals surface area contributed by atoms with Crippen LogP contribution in [0.5, 0.6) is 0 Å². The Bertz CT molecular complexity index is 700. The van der Waals surface area contributed by atoms with Crippen LogP contribution in [0.3, 0.4) is 0 Å². The molecular formula is C22H28F2N2. The summed E-state index contributed by atoms with van der Waals surface area (Å²) in [6.07, 6.45) is 6.60. The van der Waals surface area contributed by atoms with Gasteiger partial charge in [0, 0.05) is 51.1 Å². The van der Waals surface area contributed by atoms with Gasteiger partial charge < -0.3 is 0 Å². The Morgan fingerprint density at radius 3 is 2.50 bits per heavy atom. The van der Waals surface area contributed by atoms with Crippen LogP contribution in [-0.2, 0) is 6.54 Å². The standard InChI is InChI=1S/C22H28F2N2/c1-21(26-13-10-22(23,24)11-14-26)9-7-20-17-25(12-8-19(20)15-21)16-18-5-3-2-4-6-18/h2-7,9H,8,10-17H2,1H3. The number of alkyl halides is 2. The van der Waals surface area contributed by atoms with Crippen molar-refractivity contribution in [2.45, 2.75) is 50.6 Å². The average Bonchev–Trinajstić information content (AvgIpc) is 2.62. The van der Waals surface area contributed by atoms with E-state index in [1.807, 2.05) is 0 Å². The molecule has 1 saturated heterocycles. The van der Waals surface area contributed by atoms with Gasteiger partial charge >= 0.3 is 0 Å². The zero-order valence-electron chi connectivity index (χ0n) is 15.6. The molecule has 1 aromatic carbocycles. The summed E-state index contributed by atoms with van der Waals surface area (Å²) >= 11 is 0. The lowest BCUT2D eigenvalue weighted by atomic mass is 9.79. The maximum Gasteiger partial charge on any atom is 0.250 e. The molecule has 2 nitrogen and oxygen atoms in total. The molecule has 0 spiro atoms. The van der Waals surface area contributed by atoms with Gasteiger partial charge in [-0.3, -0.25) is 9.80 Å². The summed E-state index contributed by atoms with van der Waals surface area (Å²) in [4.78, 5) is 4.77. The lowest BCUT2D eigenvalue weighted by Gasteiger charge is -2.46. The van der Waals surface area contributed by atoms with Crippen molar-refractivity contribution >= 4 is 0 Å². The van der Waals surface area contributed by atoms with E-state index in [0.29, 0.717) is 13.1 Å². The predicted octanol–water partition coefficient (Wildman–Crippen LogP) is 4.64. The van der Waals surface area contributed by atoms with Gasteiger partial charge in [0.05, 0.1) is 0 Å². The normalized spacial score (nSPS) is 29.7. The molecule has 1 aromatic rings. The highest BCUT2D eigenvalue weighted by molar-refractivity contribution is 5.38. The first-order valence-corrected chi connectivity index (χ1v) is 9.73. The number of halogens is 2. The molecule has 140 valence electrons. The van der Waals surface area contributed by atoms with Gasteiger partial charge in [-0.1, -0.05) is 48.1 Å². The Morgan fingerprint density at radius 1 is 1.04 bits per heavy atom. The Labute approximate surface area is 155 Å². The molecule has 4 heteroatoms. The summed E-state index contributed by atoms with van der Waals surface area (Å²) in [6, 6.07) is 10.6. The summed E-state index contributed by atoms with van der Waals surface area (Å²) in [7, 11) is 0. The number of rotatable bonds is 3. The molecule has 0 bridgehead atoms. The van der Waals surface area contributed by atoms with Gasteiger partial charge in [-0.2, -0.15) is 0 Å². The van der Waals surface area contributed by atoms with Crippen LogP contribution < -0.4 is 0 Å². The number of likely N-dealkylation sites (tertiary alicyclic amines) is 1. The minimum absolute atomic E-state index is 0.00676. The van der Waals surface area contributed by atoms with E-state index in [1.165, 1.54) is 16.7 Å². The summed E-state index contributed by atoms with van der Waals surface area (Å²) in [5.74, 6) is -2.47. The van der Waals surface area contributed by atoms with Crippen LogP contribution in [0.25, 0.3) is 0 Å². The third-order valence-electron chi connectivity index (χ3n) is 6.26. The number of hydrogen-bond donors (Lipinski definition) is 0. The quantitative estimate of drug-likeness (QED) is 0.777. The lowest BCUT2D eigenvalue weighted by molar-refractivity contribution is -0.0701. The monoisotopic (exact) mass is 358 g/mol. The summed E-state index contributed by atoms with van der Waals surface area (Å²) in [5, 5.41) is 0. The molecule has 2 aliphatic heterocycles. The van der Waals surface area contributed by atoms with Gasteiger partial charge in [0.15, 0.2) is 0 Å². The van der Waals surface area contributed by atoms with Crippen LogP contribution in [0.1, 0.15) is 38.2 Å². The highest BCUT2D eigenvalue weighted by Gasteiger charge is 2.41. The fourth-order valence-corrected chi connectivity index (χ4v) is 4.57. The minimum atomic E-state index is -2.47. The topological polar surface area (TPSA) is 6.48 Å². The van der Waals surface area contributed by atoms with Crippen molar-refractivity contribution in [3.05, 3.63) is 59.2 Å². The average molecular weight is 358 g/mol. The van der Waals surface area contributed by atoms with E-state index >= 15 is 0 Å². The van der Waals surface area contributed by atoms with Gasteiger partial charge in [0.2, 0.25) is 0 Å². The second-order valence-electron chi connectivity index (χ2n) is 8.29. The van der Waals surface area contributed by atoms with E-state index in [1.54, 1.807) is 0 Å². The van der Waals surface area contributed by atoms with Crippen molar-refractivity contribution in [1.82, 2.24) is 9.80 Å². The van der Waals surface area contributed by atoms with Crippen LogP contribution in [0.2, 0.25) is 0 Å². The molecule has 0 aromatic heterocycles. The molecular weight excluding hydrogens is 330 g/mol. The first-order chi connectivity index (χ1) is 12.4. The first kappa shape index (κ1) is 17.9. The van der Waals surface area contributed by atoms with E-state index in [2.05, 4.69) is 59.2 Å². The maximum absolute atomic E-state index is 13.5. The zero-order chi connectivity index (χ0) is 18.2. The second-order valence-corrected chi connectivity index (χ2v) is 8.29. The van der Waals surface area contributed by atoms with Crippen molar-refractivity contribution < 1.29 is 8.78 Å². The SMILES string of the molecule is CC1(N2CCC(F)(F)CC2)C=CC2=C(CCN(Cc3ccccc3)C2)C1. The Hall–Kier alpha value is -1.52. The van der Waals surface area contributed by atoms with Crippen molar-refractivity contribution in [2.24, 2.45) is 0 Å². The van der Waals surface area contributed by atoms with Crippen LogP contribution in [0.4, 0.5) is 8.78 Å². The molecule has 0 saturated carbocycles. The van der Waals surface area contributed by atoms with Crippen molar-refractivity contribution in [1.29, 1.82) is 0 Å². The van der Waals surface area contributed by atoms with Gasteiger partial charge in [-0.15, -0.1) is 0 Å². The maximum atomic E-state index is 13.5. The fourth-order valence-electron chi connectivity index (χ4n) is 4.57. The molecule has 1 atom stereocenters. The lowest BCUT2D eigenvalue weighted by Crippen LogP contribution is -2.52. The third-order valence-corrected chi connectivity index (χ3v) is 6.26. The molecule has 3 aliphatic rings. The van der Waals surface area contributed by atoms with Gasteiger partial charge in [-0.25, -0.2) is 8.78 Å². The van der Waals surface area contributed by atoms with Crippen molar-refractivity contribution in [3.8, 4) is 0 Å². The smallest absolute Gasteiger partial charge is 0.250 e. The Kier molecular flexibility index (Phi) is 4.74. The molecule has 0 amide bonds. The number of hydrogen-bond acceptors (Lipinski definition) is 2. The van der Waals surface area contributed by atoms with Crippen molar-refractivity contribution in [2.75, 3.05) is 26.2 Å². The van der Waals surface area contributed by atoms with Crippen LogP contribution in [-0.4, -0.2) is 47.4 Å². The van der Waals surface area contributed by atoms with E-state index < -0.39 is 5.92 Å². The molecule has 0 radical (unpaired) electrons. The van der Waals surface area contributed by atoms with Gasteiger partial charge in [0.1, 0.15) is 0 Å². The number of nitrogens with zero attached hydrogens (tertiary/aromatic N) is 2.